The molecule has 0 saturated carbocycles. The zero-order valence-corrected chi connectivity index (χ0v) is 15.2. The number of hydrogen-bond acceptors (Lipinski definition) is 5. The van der Waals surface area contributed by atoms with E-state index in [-0.39, 0.29) is 17.2 Å². The summed E-state index contributed by atoms with van der Waals surface area (Å²) in [7, 11) is 0. The van der Waals surface area contributed by atoms with E-state index in [0.717, 1.165) is 43.2 Å². The van der Waals surface area contributed by atoms with Crippen LogP contribution in [0.3, 0.4) is 0 Å². The summed E-state index contributed by atoms with van der Waals surface area (Å²) in [5, 5.41) is 26.8. The van der Waals surface area contributed by atoms with E-state index in [1.807, 2.05) is 25.1 Å². The molecule has 2 N–H and O–H groups in total. The summed E-state index contributed by atoms with van der Waals surface area (Å²) in [6, 6.07) is 7.96. The van der Waals surface area contributed by atoms with Gasteiger partial charge in [-0.25, -0.2) is 0 Å². The third-order valence-electron chi connectivity index (χ3n) is 5.42. The number of aromatic nitrogens is 1. The Morgan fingerprint density at radius 3 is 3.07 bits per heavy atom. The molecular formula is C21H21N3O3. The van der Waals surface area contributed by atoms with Crippen molar-refractivity contribution in [2.24, 2.45) is 0 Å². The highest BCUT2D eigenvalue weighted by Gasteiger charge is 2.40. The van der Waals surface area contributed by atoms with Crippen LogP contribution < -0.4 is 5.32 Å². The van der Waals surface area contributed by atoms with Crippen molar-refractivity contribution in [2.75, 3.05) is 6.54 Å². The number of fused-ring (bicyclic) bond motifs is 3. The fraction of sp³-hybridized carbons (Fsp3) is 0.381. The number of aryl methyl sites for hydroxylation is 1. The predicted molar refractivity (Wildman–Crippen MR) is 99.8 cm³/mol. The van der Waals surface area contributed by atoms with Crippen LogP contribution in [0.2, 0.25) is 0 Å². The van der Waals surface area contributed by atoms with E-state index in [4.69, 9.17) is 4.52 Å². The van der Waals surface area contributed by atoms with Crippen LogP contribution in [0.15, 0.2) is 28.3 Å². The average Bonchev–Trinajstić information content (AvgIpc) is 3.24. The van der Waals surface area contributed by atoms with Gasteiger partial charge in [0.1, 0.15) is 6.07 Å². The van der Waals surface area contributed by atoms with Gasteiger partial charge in [0.15, 0.2) is 22.8 Å². The van der Waals surface area contributed by atoms with Crippen LogP contribution in [0.1, 0.15) is 60.9 Å². The van der Waals surface area contributed by atoms with Gasteiger partial charge in [0.25, 0.3) is 5.91 Å². The zero-order valence-electron chi connectivity index (χ0n) is 15.2. The number of unbranched alkanes of at least 4 members (excludes halogenated alkanes) is 1. The van der Waals surface area contributed by atoms with Crippen LogP contribution in [0.4, 0.5) is 0 Å². The SMILES string of the molecule is CCCCNC(=O)C(C#N)=C(O)c1noc2c1C1CCCc3cccc-2c31. The first-order chi connectivity index (χ1) is 13.2. The Balaban J connectivity index is 1.76. The minimum atomic E-state index is -0.583. The van der Waals surface area contributed by atoms with Gasteiger partial charge in [-0.3, -0.25) is 4.79 Å². The second-order valence-corrected chi connectivity index (χ2v) is 7.04. The first-order valence-electron chi connectivity index (χ1n) is 9.41. The summed E-state index contributed by atoms with van der Waals surface area (Å²) in [4.78, 5) is 12.3. The number of hydrogen-bond donors (Lipinski definition) is 2. The van der Waals surface area contributed by atoms with Crippen LogP contribution in [-0.4, -0.2) is 22.7 Å². The Bertz CT molecular complexity index is 981. The highest BCUT2D eigenvalue weighted by atomic mass is 16.5. The lowest BCUT2D eigenvalue weighted by Crippen LogP contribution is -2.26. The van der Waals surface area contributed by atoms with Crippen molar-refractivity contribution in [2.45, 2.75) is 44.9 Å². The summed E-state index contributed by atoms with van der Waals surface area (Å²) < 4.78 is 5.56. The van der Waals surface area contributed by atoms with Crippen LogP contribution in [0.25, 0.3) is 17.1 Å². The van der Waals surface area contributed by atoms with Gasteiger partial charge in [0, 0.05) is 23.6 Å². The Morgan fingerprint density at radius 1 is 1.44 bits per heavy atom. The lowest BCUT2D eigenvalue weighted by Gasteiger charge is -2.22. The quantitative estimate of drug-likeness (QED) is 0.364. The van der Waals surface area contributed by atoms with Gasteiger partial charge in [-0.2, -0.15) is 5.26 Å². The van der Waals surface area contributed by atoms with E-state index in [9.17, 15) is 15.2 Å². The predicted octanol–water partition coefficient (Wildman–Crippen LogP) is 3.83. The third-order valence-corrected chi connectivity index (χ3v) is 5.42. The monoisotopic (exact) mass is 363 g/mol. The molecule has 1 heterocycles. The van der Waals surface area contributed by atoms with E-state index < -0.39 is 11.7 Å². The van der Waals surface area contributed by atoms with Crippen molar-refractivity contribution in [3.63, 3.8) is 0 Å². The Labute approximate surface area is 157 Å². The number of carbonyl (C=O) groups is 1. The normalized spacial score (nSPS) is 17.6. The van der Waals surface area contributed by atoms with Crippen LogP contribution in [0.5, 0.6) is 0 Å². The Morgan fingerprint density at radius 2 is 2.30 bits per heavy atom. The molecule has 1 aromatic heterocycles. The molecule has 0 saturated heterocycles. The maximum absolute atomic E-state index is 12.3. The highest BCUT2D eigenvalue weighted by Crippen LogP contribution is 2.52. The molecule has 0 radical (unpaired) electrons. The molecule has 0 bridgehead atoms. The van der Waals surface area contributed by atoms with Crippen molar-refractivity contribution >= 4 is 11.7 Å². The van der Waals surface area contributed by atoms with Gasteiger partial charge < -0.3 is 14.9 Å². The highest BCUT2D eigenvalue weighted by molar-refractivity contribution is 6.03. The molecule has 0 spiro atoms. The molecule has 1 amide bonds. The van der Waals surface area contributed by atoms with E-state index in [0.29, 0.717) is 12.3 Å². The number of aliphatic hydroxyl groups is 1. The van der Waals surface area contributed by atoms with Crippen LogP contribution in [0, 0.1) is 11.3 Å². The molecule has 2 aliphatic carbocycles. The lowest BCUT2D eigenvalue weighted by atomic mass is 9.81. The van der Waals surface area contributed by atoms with E-state index in [1.165, 1.54) is 11.1 Å². The summed E-state index contributed by atoms with van der Waals surface area (Å²) in [6.45, 7) is 2.47. The number of nitriles is 1. The lowest BCUT2D eigenvalue weighted by molar-refractivity contribution is -0.117. The topological polar surface area (TPSA) is 99.2 Å². The smallest absolute Gasteiger partial charge is 0.265 e. The maximum Gasteiger partial charge on any atom is 0.265 e. The molecule has 0 fully saturated rings. The molecule has 6 nitrogen and oxygen atoms in total. The van der Waals surface area contributed by atoms with Gasteiger partial charge in [-0.05, 0) is 36.8 Å². The van der Waals surface area contributed by atoms with Gasteiger partial charge in [-0.1, -0.05) is 36.7 Å². The Hall–Kier alpha value is -3.07. The first-order valence-corrected chi connectivity index (χ1v) is 9.41. The number of rotatable bonds is 5. The zero-order chi connectivity index (χ0) is 19.0. The molecule has 0 aliphatic heterocycles. The minimum Gasteiger partial charge on any atom is -0.504 e. The molecule has 2 aromatic rings. The molecule has 2 aliphatic rings. The fourth-order valence-corrected chi connectivity index (χ4v) is 4.15. The molecule has 1 aromatic carbocycles. The summed E-state index contributed by atoms with van der Waals surface area (Å²) >= 11 is 0. The molecule has 27 heavy (non-hydrogen) atoms. The third kappa shape index (κ3) is 2.71. The van der Waals surface area contributed by atoms with Crippen molar-refractivity contribution in [1.82, 2.24) is 10.5 Å². The van der Waals surface area contributed by atoms with Crippen LogP contribution >= 0.6 is 0 Å². The Kier molecular flexibility index (Phi) is 4.44. The number of nitrogens with zero attached hydrogens (tertiary/aromatic N) is 2. The van der Waals surface area contributed by atoms with Crippen molar-refractivity contribution in [3.8, 4) is 17.4 Å². The number of amides is 1. The van der Waals surface area contributed by atoms with E-state index in [1.54, 1.807) is 0 Å². The number of aliphatic hydroxyl groups excluding tert-OH is 1. The molecule has 1 atom stereocenters. The summed E-state index contributed by atoms with van der Waals surface area (Å²) in [6.07, 6.45) is 4.74. The second-order valence-electron chi connectivity index (χ2n) is 7.04. The molecule has 6 heteroatoms. The van der Waals surface area contributed by atoms with Gasteiger partial charge in [0.2, 0.25) is 0 Å². The summed E-state index contributed by atoms with van der Waals surface area (Å²) in [5.74, 6) is -0.258. The summed E-state index contributed by atoms with van der Waals surface area (Å²) in [5.41, 5.74) is 4.21. The van der Waals surface area contributed by atoms with Crippen molar-refractivity contribution in [1.29, 1.82) is 5.26 Å². The number of benzene rings is 1. The molecule has 138 valence electrons. The van der Waals surface area contributed by atoms with Crippen LogP contribution in [-0.2, 0) is 11.2 Å². The second kappa shape index (κ2) is 6.92. The number of nitrogens with one attached hydrogen (secondary N) is 1. The molecular weight excluding hydrogens is 342 g/mol. The van der Waals surface area contributed by atoms with Crippen molar-refractivity contribution in [3.05, 3.63) is 46.2 Å². The average molecular weight is 363 g/mol. The fourth-order valence-electron chi connectivity index (χ4n) is 4.15. The van der Waals surface area contributed by atoms with Crippen molar-refractivity contribution < 1.29 is 14.4 Å². The van der Waals surface area contributed by atoms with Gasteiger partial charge >= 0.3 is 0 Å². The molecule has 4 rings (SSSR count). The van der Waals surface area contributed by atoms with E-state index in [2.05, 4.69) is 16.5 Å². The van der Waals surface area contributed by atoms with Gasteiger partial charge in [-0.15, -0.1) is 0 Å². The number of carbonyl (C=O) groups excluding carboxylic acids is 1. The largest absolute Gasteiger partial charge is 0.504 e. The molecule has 1 unspecified atom stereocenters. The van der Waals surface area contributed by atoms with E-state index >= 15 is 0 Å². The minimum absolute atomic E-state index is 0.0893. The van der Waals surface area contributed by atoms with Gasteiger partial charge in [0.05, 0.1) is 0 Å². The standard InChI is InChI=1S/C21H21N3O3/c1-2-3-10-23-21(26)15(11-22)19(25)18-17-13-8-4-6-12-7-5-9-14(16(12)13)20(17)27-24-18/h5,7,9,13,25H,2-4,6,8,10H2,1H3,(H,23,26). The maximum atomic E-state index is 12.3. The first kappa shape index (κ1) is 17.3.